The Morgan fingerprint density at radius 1 is 1.31 bits per heavy atom. The maximum absolute atomic E-state index is 9.56. The number of nitrogens with zero attached hydrogens (tertiary/aromatic N) is 1. The fraction of sp³-hybridized carbons (Fsp3) is 0.250. The molecule has 2 rings (SSSR count). The van der Waals surface area contributed by atoms with Crippen LogP contribution in [0.3, 0.4) is 0 Å². The number of para-hydroxylation sites is 1. The van der Waals surface area contributed by atoms with E-state index in [0.717, 1.165) is 22.8 Å². The van der Waals surface area contributed by atoms with Gasteiger partial charge in [0.25, 0.3) is 0 Å². The molecule has 84 valence electrons. The van der Waals surface area contributed by atoms with E-state index in [4.69, 9.17) is 0 Å². The molecule has 0 saturated heterocycles. The lowest BCUT2D eigenvalue weighted by atomic mass is 10.2. The first kappa shape index (κ1) is 11.1. The van der Waals surface area contributed by atoms with Crippen molar-refractivity contribution in [2.24, 2.45) is 0 Å². The summed E-state index contributed by atoms with van der Waals surface area (Å²) in [5.41, 5.74) is 1.97. The maximum atomic E-state index is 9.56. The molecule has 2 aromatic rings. The van der Waals surface area contributed by atoms with Crippen molar-refractivity contribution in [3.63, 3.8) is 0 Å². The summed E-state index contributed by atoms with van der Waals surface area (Å²) in [6.45, 7) is 3.39. The van der Waals surface area contributed by atoms with Gasteiger partial charge in [-0.2, -0.15) is 0 Å². The van der Waals surface area contributed by atoms with E-state index >= 15 is 0 Å². The number of rotatable bonds is 4. The van der Waals surface area contributed by atoms with Crippen LogP contribution in [0.5, 0.6) is 5.75 Å². The second-order valence-electron chi connectivity index (χ2n) is 3.61. The quantitative estimate of drug-likeness (QED) is 0.854. The van der Waals surface area contributed by atoms with E-state index in [9.17, 15) is 5.11 Å². The highest BCUT2D eigenvalue weighted by molar-refractivity contribution is 7.09. The molecule has 1 aromatic heterocycles. The molecule has 0 radical (unpaired) electrons. The summed E-state index contributed by atoms with van der Waals surface area (Å²) in [5.74, 6) is 0.338. The van der Waals surface area contributed by atoms with Gasteiger partial charge < -0.3 is 10.4 Å². The molecular formula is C12H14N2OS. The Bertz CT molecular complexity index is 468. The minimum atomic E-state index is 0.338. The summed E-state index contributed by atoms with van der Waals surface area (Å²) in [6, 6.07) is 7.35. The van der Waals surface area contributed by atoms with Gasteiger partial charge in [-0.3, -0.25) is 0 Å². The number of aromatic hydroxyl groups is 1. The highest BCUT2D eigenvalue weighted by Gasteiger charge is 2.00. The molecule has 2 N–H and O–H groups in total. The number of aromatic nitrogens is 1. The molecule has 1 heterocycles. The van der Waals surface area contributed by atoms with Crippen LogP contribution in [0, 0.1) is 6.92 Å². The van der Waals surface area contributed by atoms with Crippen LogP contribution in [0.15, 0.2) is 29.6 Å². The third kappa shape index (κ3) is 2.81. The summed E-state index contributed by atoms with van der Waals surface area (Å²) >= 11 is 1.65. The topological polar surface area (TPSA) is 45.1 Å². The van der Waals surface area contributed by atoms with Crippen molar-refractivity contribution in [1.29, 1.82) is 0 Å². The van der Waals surface area contributed by atoms with Crippen LogP contribution in [0.25, 0.3) is 0 Å². The summed E-state index contributed by atoms with van der Waals surface area (Å²) in [6.07, 6.45) is 0. The summed E-state index contributed by atoms with van der Waals surface area (Å²) < 4.78 is 0. The van der Waals surface area contributed by atoms with Gasteiger partial charge in [0.1, 0.15) is 10.8 Å². The number of aryl methyl sites for hydroxylation is 1. The predicted molar refractivity (Wildman–Crippen MR) is 65.5 cm³/mol. The SMILES string of the molecule is Cc1csc(CNCc2ccccc2O)n1. The van der Waals surface area contributed by atoms with Crippen LogP contribution in [-0.2, 0) is 13.1 Å². The summed E-state index contributed by atoms with van der Waals surface area (Å²) in [4.78, 5) is 4.36. The van der Waals surface area contributed by atoms with Crippen molar-refractivity contribution in [2.75, 3.05) is 0 Å². The van der Waals surface area contributed by atoms with Crippen LogP contribution in [-0.4, -0.2) is 10.1 Å². The van der Waals surface area contributed by atoms with Crippen molar-refractivity contribution in [2.45, 2.75) is 20.0 Å². The van der Waals surface area contributed by atoms with E-state index in [-0.39, 0.29) is 0 Å². The van der Waals surface area contributed by atoms with Crippen molar-refractivity contribution >= 4 is 11.3 Å². The third-order valence-electron chi connectivity index (χ3n) is 2.25. The number of phenolic OH excluding ortho intramolecular Hbond substituents is 1. The van der Waals surface area contributed by atoms with Gasteiger partial charge in [0.05, 0.1) is 0 Å². The summed E-state index contributed by atoms with van der Waals surface area (Å²) in [5, 5.41) is 15.9. The number of nitrogens with one attached hydrogen (secondary N) is 1. The molecule has 0 unspecified atom stereocenters. The van der Waals surface area contributed by atoms with Crippen molar-refractivity contribution in [3.8, 4) is 5.75 Å². The Balaban J connectivity index is 1.87. The standard InChI is InChI=1S/C12H14N2OS/c1-9-8-16-12(14-9)7-13-6-10-4-2-3-5-11(10)15/h2-5,8,13,15H,6-7H2,1H3. The molecule has 3 nitrogen and oxygen atoms in total. The van der Waals surface area contributed by atoms with Crippen LogP contribution in [0.2, 0.25) is 0 Å². The Morgan fingerprint density at radius 3 is 2.81 bits per heavy atom. The summed E-state index contributed by atoms with van der Waals surface area (Å²) in [7, 11) is 0. The Labute approximate surface area is 98.8 Å². The van der Waals surface area contributed by atoms with Gasteiger partial charge in [-0.05, 0) is 13.0 Å². The first-order valence-corrected chi connectivity index (χ1v) is 6.02. The Hall–Kier alpha value is -1.39. The van der Waals surface area contributed by atoms with Gasteiger partial charge in [-0.15, -0.1) is 11.3 Å². The van der Waals surface area contributed by atoms with E-state index < -0.39 is 0 Å². The molecule has 16 heavy (non-hydrogen) atoms. The highest BCUT2D eigenvalue weighted by Crippen LogP contribution is 2.15. The largest absolute Gasteiger partial charge is 0.508 e. The molecule has 0 aliphatic carbocycles. The lowest BCUT2D eigenvalue weighted by Gasteiger charge is -2.04. The smallest absolute Gasteiger partial charge is 0.120 e. The van der Waals surface area contributed by atoms with Crippen LogP contribution in [0.4, 0.5) is 0 Å². The normalized spacial score (nSPS) is 10.6. The second-order valence-corrected chi connectivity index (χ2v) is 4.56. The highest BCUT2D eigenvalue weighted by atomic mass is 32.1. The first-order chi connectivity index (χ1) is 7.75. The second kappa shape index (κ2) is 5.09. The minimum absolute atomic E-state index is 0.338. The van der Waals surface area contributed by atoms with Crippen LogP contribution >= 0.6 is 11.3 Å². The molecule has 0 atom stereocenters. The van der Waals surface area contributed by atoms with Crippen molar-refractivity contribution in [1.82, 2.24) is 10.3 Å². The minimum Gasteiger partial charge on any atom is -0.508 e. The van der Waals surface area contributed by atoms with E-state index in [0.29, 0.717) is 12.3 Å². The van der Waals surface area contributed by atoms with E-state index in [1.54, 1.807) is 17.4 Å². The van der Waals surface area contributed by atoms with Gasteiger partial charge in [0.2, 0.25) is 0 Å². The number of thiazole rings is 1. The van der Waals surface area contributed by atoms with Crippen molar-refractivity contribution < 1.29 is 5.11 Å². The number of hydrogen-bond donors (Lipinski definition) is 2. The zero-order chi connectivity index (χ0) is 11.4. The number of benzene rings is 1. The average molecular weight is 234 g/mol. The monoisotopic (exact) mass is 234 g/mol. The maximum Gasteiger partial charge on any atom is 0.120 e. The Kier molecular flexibility index (Phi) is 3.54. The fourth-order valence-electron chi connectivity index (χ4n) is 1.45. The molecular weight excluding hydrogens is 220 g/mol. The van der Waals surface area contributed by atoms with Crippen molar-refractivity contribution in [3.05, 3.63) is 45.9 Å². The predicted octanol–water partition coefficient (Wildman–Crippen LogP) is 2.45. The van der Waals surface area contributed by atoms with E-state index in [1.807, 2.05) is 30.5 Å². The van der Waals surface area contributed by atoms with Gasteiger partial charge in [-0.25, -0.2) is 4.98 Å². The van der Waals surface area contributed by atoms with Gasteiger partial charge in [0.15, 0.2) is 0 Å². The molecule has 0 saturated carbocycles. The molecule has 0 bridgehead atoms. The van der Waals surface area contributed by atoms with E-state index in [2.05, 4.69) is 10.3 Å². The molecule has 0 aliphatic rings. The molecule has 0 fully saturated rings. The molecule has 4 heteroatoms. The zero-order valence-corrected chi connectivity index (χ0v) is 9.92. The zero-order valence-electron chi connectivity index (χ0n) is 9.10. The van der Waals surface area contributed by atoms with Gasteiger partial charge in [-0.1, -0.05) is 18.2 Å². The Morgan fingerprint density at radius 2 is 2.12 bits per heavy atom. The van der Waals surface area contributed by atoms with Gasteiger partial charge >= 0.3 is 0 Å². The van der Waals surface area contributed by atoms with Crippen LogP contribution in [0.1, 0.15) is 16.3 Å². The lowest BCUT2D eigenvalue weighted by molar-refractivity contribution is 0.464. The molecule has 0 aliphatic heterocycles. The molecule has 1 aromatic carbocycles. The third-order valence-corrected chi connectivity index (χ3v) is 3.22. The van der Waals surface area contributed by atoms with E-state index in [1.165, 1.54) is 0 Å². The average Bonchev–Trinajstić information content (AvgIpc) is 2.67. The fourth-order valence-corrected chi connectivity index (χ4v) is 2.19. The number of hydrogen-bond acceptors (Lipinski definition) is 4. The van der Waals surface area contributed by atoms with Crippen LogP contribution < -0.4 is 5.32 Å². The van der Waals surface area contributed by atoms with Gasteiger partial charge in [0, 0.05) is 29.7 Å². The molecule has 0 amide bonds. The number of phenols is 1. The first-order valence-electron chi connectivity index (χ1n) is 5.14. The molecule has 0 spiro atoms. The lowest BCUT2D eigenvalue weighted by Crippen LogP contribution is -2.12.